The molecule has 202 valence electrons. The molecule has 0 radical (unpaired) electrons. The van der Waals surface area contributed by atoms with Gasteiger partial charge in [-0.25, -0.2) is 13.4 Å². The minimum absolute atomic E-state index is 0.0378. The van der Waals surface area contributed by atoms with Crippen LogP contribution in [-0.2, 0) is 21.0 Å². The van der Waals surface area contributed by atoms with Crippen LogP contribution >= 0.6 is 0 Å². The number of hydrogen-bond donors (Lipinski definition) is 1. The predicted molar refractivity (Wildman–Crippen MR) is 135 cm³/mol. The van der Waals surface area contributed by atoms with Gasteiger partial charge in [0.1, 0.15) is 11.4 Å². The standard InChI is InChI=1S/C26H27F3N4O4S/c27-26(28,29)24-16-23(21-5-1-2-6-22(21)30-24)31-12-14-32(15-13-31)25(35)18-4-3-11-33(17-18)38(36,37)20-9-7-19(34)8-10-20/h1-2,5-10,16,18,34H,3-4,11-15,17H2/t18-/m1/s1. The van der Waals surface area contributed by atoms with E-state index < -0.39 is 27.8 Å². The normalized spacial score (nSPS) is 19.6. The Balaban J connectivity index is 1.28. The number of amides is 1. The third-order valence-corrected chi connectivity index (χ3v) is 9.00. The van der Waals surface area contributed by atoms with Crippen LogP contribution in [0.25, 0.3) is 10.9 Å². The number of nitrogens with zero attached hydrogens (tertiary/aromatic N) is 4. The van der Waals surface area contributed by atoms with Crippen molar-refractivity contribution in [3.8, 4) is 5.75 Å². The fourth-order valence-electron chi connectivity index (χ4n) is 5.12. The summed E-state index contributed by atoms with van der Waals surface area (Å²) in [7, 11) is -3.81. The second-order valence-corrected chi connectivity index (χ2v) is 11.5. The largest absolute Gasteiger partial charge is 0.508 e. The monoisotopic (exact) mass is 548 g/mol. The Labute approximate surface area is 218 Å². The van der Waals surface area contributed by atoms with Gasteiger partial charge in [-0.3, -0.25) is 4.79 Å². The van der Waals surface area contributed by atoms with Gasteiger partial charge in [-0.1, -0.05) is 18.2 Å². The maximum atomic E-state index is 13.5. The molecule has 0 unspecified atom stereocenters. The van der Waals surface area contributed by atoms with Gasteiger partial charge in [0.05, 0.1) is 16.3 Å². The number of para-hydroxylation sites is 1. The molecule has 0 aliphatic carbocycles. The highest BCUT2D eigenvalue weighted by molar-refractivity contribution is 7.89. The molecule has 3 aromatic rings. The molecule has 38 heavy (non-hydrogen) atoms. The van der Waals surface area contributed by atoms with Crippen LogP contribution in [0.5, 0.6) is 5.75 Å². The first-order chi connectivity index (χ1) is 18.0. The first-order valence-electron chi connectivity index (χ1n) is 12.3. The van der Waals surface area contributed by atoms with E-state index in [-0.39, 0.29) is 28.6 Å². The summed E-state index contributed by atoms with van der Waals surface area (Å²) in [5, 5.41) is 10.1. The van der Waals surface area contributed by atoms with Crippen LogP contribution in [-0.4, -0.2) is 72.9 Å². The van der Waals surface area contributed by atoms with Crippen molar-refractivity contribution in [2.24, 2.45) is 5.92 Å². The summed E-state index contributed by atoms with van der Waals surface area (Å²) < 4.78 is 67.9. The van der Waals surface area contributed by atoms with E-state index >= 15 is 0 Å². The molecule has 0 saturated carbocycles. The zero-order chi connectivity index (χ0) is 27.1. The molecule has 8 nitrogen and oxygen atoms in total. The Bertz CT molecular complexity index is 1440. The number of aromatic nitrogens is 1. The van der Waals surface area contributed by atoms with Crippen LogP contribution < -0.4 is 4.90 Å². The molecule has 0 spiro atoms. The minimum atomic E-state index is -4.58. The molecule has 2 aromatic carbocycles. The molecule has 1 amide bonds. The van der Waals surface area contributed by atoms with Crippen molar-refractivity contribution in [1.29, 1.82) is 0 Å². The van der Waals surface area contributed by atoms with E-state index in [0.717, 1.165) is 6.07 Å². The molecule has 2 aliphatic heterocycles. The zero-order valence-electron chi connectivity index (χ0n) is 20.4. The van der Waals surface area contributed by atoms with E-state index in [0.29, 0.717) is 56.6 Å². The Kier molecular flexibility index (Phi) is 6.95. The number of benzene rings is 2. The fraction of sp³-hybridized carbons (Fsp3) is 0.385. The number of carbonyl (C=O) groups excluding carboxylic acids is 1. The Morgan fingerprint density at radius 1 is 0.974 bits per heavy atom. The average molecular weight is 549 g/mol. The number of hydrogen-bond acceptors (Lipinski definition) is 6. The van der Waals surface area contributed by atoms with Gasteiger partial charge in [0.25, 0.3) is 0 Å². The van der Waals surface area contributed by atoms with Crippen LogP contribution in [0.15, 0.2) is 59.5 Å². The number of piperidine rings is 1. The van der Waals surface area contributed by atoms with Gasteiger partial charge >= 0.3 is 6.18 Å². The number of phenolic OH excluding ortho intramolecular Hbond substituents is 1. The van der Waals surface area contributed by atoms with Crippen molar-refractivity contribution in [1.82, 2.24) is 14.2 Å². The summed E-state index contributed by atoms with van der Waals surface area (Å²) in [6.07, 6.45) is -3.48. The molecule has 2 saturated heterocycles. The number of alkyl halides is 3. The third-order valence-electron chi connectivity index (χ3n) is 7.12. The Morgan fingerprint density at radius 3 is 2.34 bits per heavy atom. The predicted octanol–water partition coefficient (Wildman–Crippen LogP) is 3.71. The lowest BCUT2D eigenvalue weighted by Gasteiger charge is -2.39. The van der Waals surface area contributed by atoms with Gasteiger partial charge in [0.2, 0.25) is 15.9 Å². The van der Waals surface area contributed by atoms with E-state index in [4.69, 9.17) is 0 Å². The highest BCUT2D eigenvalue weighted by atomic mass is 32.2. The topological polar surface area (TPSA) is 94.0 Å². The van der Waals surface area contributed by atoms with Gasteiger partial charge in [-0.05, 0) is 49.2 Å². The van der Waals surface area contributed by atoms with E-state index in [1.807, 2.05) is 4.90 Å². The molecule has 1 aromatic heterocycles. The summed E-state index contributed by atoms with van der Waals surface area (Å²) in [5.74, 6) is -0.684. The van der Waals surface area contributed by atoms with Gasteiger partial charge in [0, 0.05) is 50.3 Å². The summed E-state index contributed by atoms with van der Waals surface area (Å²) in [5.41, 5.74) is -0.270. The first kappa shape index (κ1) is 26.2. The molecule has 1 atom stereocenters. The average Bonchev–Trinajstić information content (AvgIpc) is 2.92. The van der Waals surface area contributed by atoms with Crippen LogP contribution in [0, 0.1) is 5.92 Å². The number of halogens is 3. The number of pyridine rings is 1. The van der Waals surface area contributed by atoms with E-state index in [1.165, 1.54) is 28.6 Å². The van der Waals surface area contributed by atoms with Crippen molar-refractivity contribution in [2.45, 2.75) is 23.9 Å². The molecule has 5 rings (SSSR count). The van der Waals surface area contributed by atoms with Crippen LogP contribution in [0.1, 0.15) is 18.5 Å². The Morgan fingerprint density at radius 2 is 1.66 bits per heavy atom. The summed E-state index contributed by atoms with van der Waals surface area (Å²) in [6.45, 7) is 1.69. The third kappa shape index (κ3) is 5.14. The van der Waals surface area contributed by atoms with Crippen molar-refractivity contribution in [3.05, 3.63) is 60.3 Å². The lowest BCUT2D eigenvalue weighted by atomic mass is 9.97. The summed E-state index contributed by atoms with van der Waals surface area (Å²) in [6, 6.07) is 13.0. The summed E-state index contributed by atoms with van der Waals surface area (Å²) >= 11 is 0. The van der Waals surface area contributed by atoms with E-state index in [9.17, 15) is 31.5 Å². The van der Waals surface area contributed by atoms with Crippen LogP contribution in [0.4, 0.5) is 18.9 Å². The van der Waals surface area contributed by atoms with E-state index in [1.54, 1.807) is 29.2 Å². The van der Waals surface area contributed by atoms with Gasteiger partial charge in [-0.2, -0.15) is 17.5 Å². The van der Waals surface area contributed by atoms with Crippen LogP contribution in [0.3, 0.4) is 0 Å². The number of fused-ring (bicyclic) bond motifs is 1. The SMILES string of the molecule is O=C([C@@H]1CCCN(S(=O)(=O)c2ccc(O)cc2)C1)N1CCN(c2cc(C(F)(F)F)nc3ccccc23)CC1. The second kappa shape index (κ2) is 10.1. The highest BCUT2D eigenvalue weighted by Crippen LogP contribution is 2.35. The number of anilines is 1. The quantitative estimate of drug-likeness (QED) is 0.535. The molecule has 12 heteroatoms. The molecule has 2 aliphatic rings. The molecule has 3 heterocycles. The number of phenols is 1. The first-order valence-corrected chi connectivity index (χ1v) is 13.8. The second-order valence-electron chi connectivity index (χ2n) is 9.55. The number of carbonyl (C=O) groups is 1. The highest BCUT2D eigenvalue weighted by Gasteiger charge is 2.37. The maximum absolute atomic E-state index is 13.5. The molecular formula is C26H27F3N4O4S. The maximum Gasteiger partial charge on any atom is 0.433 e. The summed E-state index contributed by atoms with van der Waals surface area (Å²) in [4.78, 5) is 20.7. The lowest BCUT2D eigenvalue weighted by Crippen LogP contribution is -2.53. The molecular weight excluding hydrogens is 521 g/mol. The fourth-order valence-corrected chi connectivity index (χ4v) is 6.64. The van der Waals surface area contributed by atoms with Gasteiger partial charge in [0.15, 0.2) is 0 Å². The van der Waals surface area contributed by atoms with Crippen molar-refractivity contribution in [3.63, 3.8) is 0 Å². The zero-order valence-corrected chi connectivity index (χ0v) is 21.2. The number of piperazine rings is 1. The van der Waals surface area contributed by atoms with Crippen molar-refractivity contribution < 1.29 is 31.5 Å². The smallest absolute Gasteiger partial charge is 0.433 e. The van der Waals surface area contributed by atoms with Gasteiger partial charge in [-0.15, -0.1) is 0 Å². The Hall–Kier alpha value is -3.38. The van der Waals surface area contributed by atoms with E-state index in [2.05, 4.69) is 4.98 Å². The number of rotatable bonds is 4. The minimum Gasteiger partial charge on any atom is -0.508 e. The lowest BCUT2D eigenvalue weighted by molar-refractivity contribution is -0.141. The van der Waals surface area contributed by atoms with Crippen LogP contribution in [0.2, 0.25) is 0 Å². The number of aromatic hydroxyl groups is 1. The van der Waals surface area contributed by atoms with Gasteiger partial charge < -0.3 is 14.9 Å². The molecule has 0 bridgehead atoms. The molecule has 1 N–H and O–H groups in total. The number of sulfonamides is 1. The molecule has 2 fully saturated rings. The van der Waals surface area contributed by atoms with Crippen molar-refractivity contribution in [2.75, 3.05) is 44.2 Å². The van der Waals surface area contributed by atoms with Crippen molar-refractivity contribution >= 4 is 32.5 Å².